The molecule has 0 bridgehead atoms. The molecule has 0 radical (unpaired) electrons. The van der Waals surface area contributed by atoms with Crippen molar-refractivity contribution in [2.45, 2.75) is 144 Å². The molecular formula is C105H119N19O21. The van der Waals surface area contributed by atoms with Crippen molar-refractivity contribution in [3.8, 4) is 6.19 Å². The second kappa shape index (κ2) is 47.7. The number of carbonyl (C=O) groups excluding carboxylic acids is 12. The Morgan fingerprint density at radius 2 is 0.655 bits per heavy atom. The van der Waals surface area contributed by atoms with Gasteiger partial charge in [-0.15, -0.1) is 0 Å². The smallest absolute Gasteiger partial charge is 0.413 e. The molecule has 4 saturated heterocycles. The van der Waals surface area contributed by atoms with Crippen molar-refractivity contribution in [2.24, 2.45) is 35.1 Å². The van der Waals surface area contributed by atoms with E-state index < -0.39 is 64.8 Å². The third-order valence-electron chi connectivity index (χ3n) is 22.8. The lowest BCUT2D eigenvalue weighted by atomic mass is 10.1. The van der Waals surface area contributed by atoms with Crippen LogP contribution in [0.2, 0.25) is 0 Å². The first-order valence-corrected chi connectivity index (χ1v) is 46.4. The zero-order valence-corrected chi connectivity index (χ0v) is 83.5. The van der Waals surface area contributed by atoms with E-state index in [0.717, 1.165) is 77.6 Å². The van der Waals surface area contributed by atoms with Gasteiger partial charge in [0.1, 0.15) is 57.9 Å². The van der Waals surface area contributed by atoms with Gasteiger partial charge in [0.2, 0.25) is 35.4 Å². The van der Waals surface area contributed by atoms with Crippen molar-refractivity contribution < 1.29 is 101 Å². The van der Waals surface area contributed by atoms with Gasteiger partial charge in [-0.05, 0) is 257 Å². The second-order valence-electron chi connectivity index (χ2n) is 38.6. The molecule has 760 valence electrons. The van der Waals surface area contributed by atoms with Gasteiger partial charge in [-0.3, -0.25) is 39.0 Å². The number of aromatic nitrogens is 6. The maximum absolute atomic E-state index is 12.7. The minimum atomic E-state index is -0.984. The van der Waals surface area contributed by atoms with Crippen LogP contribution in [0.15, 0.2) is 183 Å². The van der Waals surface area contributed by atoms with E-state index in [1.165, 1.54) is 21.3 Å². The van der Waals surface area contributed by atoms with E-state index in [1.54, 1.807) is 233 Å². The molecule has 9 amide bonds. The molecule has 145 heavy (non-hydrogen) atoms. The van der Waals surface area contributed by atoms with Gasteiger partial charge in [-0.2, -0.15) is 5.26 Å². The third kappa shape index (κ3) is 31.6. The summed E-state index contributed by atoms with van der Waals surface area (Å²) < 4.78 is 35.9. The number of aromatic carboxylic acids is 1. The normalized spacial score (nSPS) is 15.6. The van der Waals surface area contributed by atoms with Crippen LogP contribution in [0, 0.1) is 35.1 Å². The fraction of sp³-hybridized carbons (Fsp3) is 0.352. The van der Waals surface area contributed by atoms with Crippen LogP contribution in [0.3, 0.4) is 0 Å². The molecule has 16 rings (SSSR count). The van der Waals surface area contributed by atoms with Gasteiger partial charge in [-0.25, -0.2) is 63.5 Å². The van der Waals surface area contributed by atoms with Gasteiger partial charge < -0.3 is 91.4 Å². The standard InChI is InChI=1S/C21H25N3O5.C21H27N3O4.C20H24N4O4.C16H15N5O2.C16H18N2O4.C11H10N2O2/c1-21(2,3)29-20(27)24-8-7-15(12-24)18(25)23-17-10-16-9-13(19(26)28-4)5-6-14(16)11-22-17;1-13(28-21(2,3)4)24-8-7-16(12-24)19(25)23-18-10-17-9-14(20(26)27)5-6-15(17)11-22-18;1-20(2,3)28-19(27)24-7-6-14(11-24)18(26)23-16-9-15-8-12(17(21)25)4-5-13(15)10-22-16;17-9-21-4-3-12(8-21)16(23)20-14-6-13-5-10(15(18)22)1-2-11(13)7-19-14;1-16(2,3)22-15(20)18-13-8-12-7-10(14(19)21-4)5-6-11(12)9-17-13;1-15-11(14)7-2-3-8-6-13-10(12)5-9(8)4-7/h5-6,9-11,15H,7-8,12H2,1-4H3,(H,22,23,25);5-6,9-11,13,16H,7-8,12H2,1-4H3,(H,26,27)(H,22,23,25);4-5,8-10,14H,6-7,11H2,1-3H3,(H2,21,25)(H,22,23,26);1-2,5-7,12H,3-4,8H2,(H2,18,22)(H,19,20,23);5-9H,1-4H3,(H,17,18,20);2-6H,1H3,(H2,12,13)/t15-;13?,16-;14-;;;/m000.../s1. The average Bonchev–Trinajstić information content (AvgIpc) is 1.51. The number of rotatable bonds is 17. The van der Waals surface area contributed by atoms with Crippen molar-refractivity contribution in [1.29, 1.82) is 5.26 Å². The minimum absolute atomic E-state index is 0.0500. The number of nitriles is 1. The van der Waals surface area contributed by atoms with Crippen LogP contribution < -0.4 is 43.8 Å². The number of hydrogen-bond acceptors (Lipinski definition) is 30. The Morgan fingerprint density at radius 1 is 0.366 bits per heavy atom. The van der Waals surface area contributed by atoms with Gasteiger partial charge in [0.25, 0.3) is 0 Å². The Hall–Kier alpha value is -16.7. The molecule has 4 fully saturated rings. The Bertz CT molecular complexity index is 6950. The van der Waals surface area contributed by atoms with Crippen LogP contribution >= 0.6 is 0 Å². The quantitative estimate of drug-likeness (QED) is 0.0232. The number of ether oxygens (including phenoxy) is 7. The predicted molar refractivity (Wildman–Crippen MR) is 544 cm³/mol. The molecule has 12 aromatic rings. The van der Waals surface area contributed by atoms with E-state index >= 15 is 0 Å². The number of carboxylic acids is 1. The number of hydrogen-bond donors (Lipinski definition) is 9. The van der Waals surface area contributed by atoms with Gasteiger partial charge in [0.15, 0.2) is 6.19 Å². The van der Waals surface area contributed by atoms with Crippen molar-refractivity contribution in [1.82, 2.24) is 49.5 Å². The number of nitrogens with zero attached hydrogens (tertiary/aromatic N) is 11. The summed E-state index contributed by atoms with van der Waals surface area (Å²) in [7, 11) is 4.01. The molecule has 0 aliphatic carbocycles. The van der Waals surface area contributed by atoms with Crippen molar-refractivity contribution in [3.63, 3.8) is 0 Å². The summed E-state index contributed by atoms with van der Waals surface area (Å²) >= 11 is 0. The van der Waals surface area contributed by atoms with Crippen LogP contribution in [0.4, 0.5) is 49.3 Å². The highest BCUT2D eigenvalue weighted by atomic mass is 16.6. The molecule has 4 aliphatic heterocycles. The summed E-state index contributed by atoms with van der Waals surface area (Å²) in [6, 6.07) is 40.7. The van der Waals surface area contributed by atoms with Crippen molar-refractivity contribution in [3.05, 3.63) is 216 Å². The Kier molecular flexibility index (Phi) is 35.8. The monoisotopic (exact) mass is 1980 g/mol. The number of amides is 9. The molecule has 40 heteroatoms. The fourth-order valence-electron chi connectivity index (χ4n) is 15.6. The summed E-state index contributed by atoms with van der Waals surface area (Å²) in [6.07, 6.45) is 12.9. The number of methoxy groups -OCH3 is 3. The Morgan fingerprint density at radius 3 is 0.972 bits per heavy atom. The number of primary amides is 2. The number of carbonyl (C=O) groups is 13. The minimum Gasteiger partial charge on any atom is -0.478 e. The Balaban J connectivity index is 0.000000167. The van der Waals surface area contributed by atoms with E-state index in [4.69, 9.17) is 56.0 Å². The predicted octanol–water partition coefficient (Wildman–Crippen LogP) is 15.1. The zero-order valence-electron chi connectivity index (χ0n) is 83.5. The van der Waals surface area contributed by atoms with Gasteiger partial charge >= 0.3 is 42.2 Å². The summed E-state index contributed by atoms with van der Waals surface area (Å²) in [5.41, 5.74) is 16.5. The molecular weight excluding hydrogens is 1860 g/mol. The first-order valence-electron chi connectivity index (χ1n) is 46.4. The molecule has 0 spiro atoms. The number of benzene rings is 6. The zero-order chi connectivity index (χ0) is 106. The molecule has 6 aromatic carbocycles. The van der Waals surface area contributed by atoms with Crippen LogP contribution in [0.5, 0.6) is 0 Å². The molecule has 0 saturated carbocycles. The van der Waals surface area contributed by atoms with Crippen LogP contribution in [0.25, 0.3) is 64.6 Å². The maximum atomic E-state index is 12.7. The molecule has 12 N–H and O–H groups in total. The molecule has 6 aromatic heterocycles. The number of esters is 3. The largest absolute Gasteiger partial charge is 0.478 e. The Labute approximate surface area is 836 Å². The number of pyridine rings is 6. The van der Waals surface area contributed by atoms with E-state index in [0.29, 0.717) is 128 Å². The van der Waals surface area contributed by atoms with Gasteiger partial charge in [-0.1, -0.05) is 36.4 Å². The summed E-state index contributed by atoms with van der Waals surface area (Å²) in [5, 5.41) is 41.6. The van der Waals surface area contributed by atoms with E-state index in [2.05, 4.69) is 66.1 Å². The molecule has 2 unspecified atom stereocenters. The number of fused-ring (bicyclic) bond motifs is 6. The first-order chi connectivity index (χ1) is 68.4. The van der Waals surface area contributed by atoms with E-state index in [-0.39, 0.29) is 70.7 Å². The molecule has 40 nitrogen and oxygen atoms in total. The summed E-state index contributed by atoms with van der Waals surface area (Å²) in [5.74, 6) is -2.45. The van der Waals surface area contributed by atoms with Crippen LogP contribution in [0.1, 0.15) is 178 Å². The summed E-state index contributed by atoms with van der Waals surface area (Å²) in [4.78, 5) is 186. The third-order valence-corrected chi connectivity index (χ3v) is 22.8. The van der Waals surface area contributed by atoms with Crippen molar-refractivity contribution >= 4 is 177 Å². The maximum Gasteiger partial charge on any atom is 0.413 e. The molecule has 4 aliphatic rings. The van der Waals surface area contributed by atoms with E-state index in [9.17, 15) is 62.3 Å². The number of nitrogens with two attached hydrogens (primary N) is 3. The van der Waals surface area contributed by atoms with Crippen molar-refractivity contribution in [2.75, 3.05) is 106 Å². The number of anilines is 6. The highest BCUT2D eigenvalue weighted by Crippen LogP contribution is 2.32. The van der Waals surface area contributed by atoms with Crippen LogP contribution in [-0.2, 0) is 52.3 Å². The number of nitrogen functional groups attached to an aromatic ring is 1. The highest BCUT2D eigenvalue weighted by Gasteiger charge is 2.38. The SMILES string of the molecule is CC(C)(C)OC(=O)N1CC[C@H](C(=O)Nc2cc3cc(C(N)=O)ccc3cn2)C1.CC(OC(C)(C)C)N1CC[C@H](C(=O)Nc2cc3cc(C(=O)O)ccc3cn2)C1.COC(=O)c1ccc2cnc(N)cc2c1.COC(=O)c1ccc2cnc(NC(=O)OC(C)(C)C)cc2c1.COC(=O)c1ccc2cnc(NC(=O)[C@H]3CCN(C(=O)OC(C)(C)C)C3)cc2c1.N#CN1CCC(C(=O)Nc2cc3cc(C(N)=O)ccc3cn2)C1. The number of carboxylic acid groups (broad SMARTS) is 1. The molecule has 5 atom stereocenters. The lowest BCUT2D eigenvalue weighted by molar-refractivity contribution is -0.124. The van der Waals surface area contributed by atoms with Gasteiger partial charge in [0, 0.05) is 133 Å². The lowest BCUT2D eigenvalue weighted by Gasteiger charge is -2.31. The summed E-state index contributed by atoms with van der Waals surface area (Å²) in [6.45, 7) is 28.3. The average molecular weight is 1980 g/mol. The van der Waals surface area contributed by atoms with Crippen LogP contribution in [-0.4, -0.2) is 235 Å². The number of nitrogens with one attached hydrogen (secondary N) is 5. The second-order valence-corrected chi connectivity index (χ2v) is 38.6. The molecule has 10 heterocycles. The fourth-order valence-corrected chi connectivity index (χ4v) is 15.6. The number of likely N-dealkylation sites (tertiary alicyclic amines) is 4. The van der Waals surface area contributed by atoms with E-state index in [1.807, 2.05) is 60.7 Å². The highest BCUT2D eigenvalue weighted by molar-refractivity contribution is 6.04. The van der Waals surface area contributed by atoms with Gasteiger partial charge in [0.05, 0.1) is 72.9 Å². The lowest BCUT2D eigenvalue weighted by Crippen LogP contribution is -2.39. The first kappa shape index (κ1) is 109. The topological polar surface area (TPSA) is 559 Å².